The van der Waals surface area contributed by atoms with Gasteiger partial charge in [0, 0.05) is 24.4 Å². The molecule has 2 N–H and O–H groups in total. The maximum atomic E-state index is 5.35. The number of aliphatic imine (C=N–C) groups is 1. The summed E-state index contributed by atoms with van der Waals surface area (Å²) in [5.74, 6) is 2.05. The molecule has 146 valence electrons. The fourth-order valence-corrected chi connectivity index (χ4v) is 3.68. The van der Waals surface area contributed by atoms with Crippen LogP contribution in [-0.2, 0) is 17.4 Å². The summed E-state index contributed by atoms with van der Waals surface area (Å²) in [6.45, 7) is 7.53. The molecule has 1 heterocycles. The first-order valence-electron chi connectivity index (χ1n) is 9.76. The highest BCUT2D eigenvalue weighted by atomic mass is 16.5. The van der Waals surface area contributed by atoms with E-state index >= 15 is 0 Å². The molecule has 1 aromatic heterocycles. The van der Waals surface area contributed by atoms with Gasteiger partial charge in [0.15, 0.2) is 11.8 Å². The summed E-state index contributed by atoms with van der Waals surface area (Å²) in [4.78, 5) is 8.82. The molecule has 0 aliphatic heterocycles. The number of hydrogen-bond acceptors (Lipinski definition) is 4. The second-order valence-electron chi connectivity index (χ2n) is 8.40. The van der Waals surface area contributed by atoms with Crippen molar-refractivity contribution < 1.29 is 4.52 Å². The van der Waals surface area contributed by atoms with Crippen LogP contribution in [0.2, 0.25) is 0 Å². The standard InChI is InChI=1S/C21H31N5O/c1-20(2,3)18-25-17(26-27-18)14-23-19(22-4)24-15-21(12-8-9-13-21)16-10-6-5-7-11-16/h5-7,10-11H,8-9,12-15H2,1-4H3,(H2,22,23,24). The highest BCUT2D eigenvalue weighted by molar-refractivity contribution is 5.79. The Morgan fingerprint density at radius 3 is 2.44 bits per heavy atom. The Kier molecular flexibility index (Phi) is 5.82. The number of benzene rings is 1. The Labute approximate surface area is 161 Å². The third-order valence-electron chi connectivity index (χ3n) is 5.29. The molecule has 0 spiro atoms. The largest absolute Gasteiger partial charge is 0.356 e. The van der Waals surface area contributed by atoms with Gasteiger partial charge in [0.2, 0.25) is 5.89 Å². The van der Waals surface area contributed by atoms with E-state index < -0.39 is 0 Å². The molecule has 0 unspecified atom stereocenters. The molecule has 0 amide bonds. The first kappa shape index (κ1) is 19.4. The normalized spacial score (nSPS) is 17.1. The third kappa shape index (κ3) is 4.67. The minimum Gasteiger partial charge on any atom is -0.356 e. The van der Waals surface area contributed by atoms with Gasteiger partial charge in [0.25, 0.3) is 0 Å². The summed E-state index contributed by atoms with van der Waals surface area (Å²) >= 11 is 0. The van der Waals surface area contributed by atoms with Crippen molar-refractivity contribution in [1.82, 2.24) is 20.8 Å². The Hall–Kier alpha value is -2.37. The lowest BCUT2D eigenvalue weighted by molar-refractivity contribution is 0.318. The summed E-state index contributed by atoms with van der Waals surface area (Å²) in [5.41, 5.74) is 1.46. The van der Waals surface area contributed by atoms with E-state index in [0.717, 1.165) is 12.5 Å². The minimum absolute atomic E-state index is 0.143. The van der Waals surface area contributed by atoms with E-state index in [4.69, 9.17) is 4.52 Å². The van der Waals surface area contributed by atoms with Gasteiger partial charge in [-0.2, -0.15) is 4.98 Å². The smallest absolute Gasteiger partial charge is 0.232 e. The fourth-order valence-electron chi connectivity index (χ4n) is 3.68. The first-order valence-corrected chi connectivity index (χ1v) is 9.76. The molecule has 6 nitrogen and oxygen atoms in total. The van der Waals surface area contributed by atoms with E-state index in [1.807, 2.05) is 0 Å². The molecule has 1 aliphatic carbocycles. The lowest BCUT2D eigenvalue weighted by Crippen LogP contribution is -2.44. The number of aromatic nitrogens is 2. The molecule has 1 aliphatic rings. The van der Waals surface area contributed by atoms with Gasteiger partial charge in [-0.1, -0.05) is 69.1 Å². The van der Waals surface area contributed by atoms with E-state index in [1.54, 1.807) is 7.05 Å². The van der Waals surface area contributed by atoms with Gasteiger partial charge < -0.3 is 15.2 Å². The van der Waals surface area contributed by atoms with Crippen molar-refractivity contribution in [3.05, 3.63) is 47.6 Å². The van der Waals surface area contributed by atoms with Crippen LogP contribution in [-0.4, -0.2) is 29.7 Å². The molecule has 1 saturated carbocycles. The monoisotopic (exact) mass is 369 g/mol. The van der Waals surface area contributed by atoms with E-state index in [2.05, 4.69) is 76.9 Å². The van der Waals surface area contributed by atoms with Gasteiger partial charge in [-0.25, -0.2) is 0 Å². The van der Waals surface area contributed by atoms with Gasteiger partial charge in [0.05, 0.1) is 6.54 Å². The number of nitrogens with zero attached hydrogens (tertiary/aromatic N) is 3. The molecule has 1 fully saturated rings. The van der Waals surface area contributed by atoms with Gasteiger partial charge in [0.1, 0.15) is 0 Å². The molecule has 3 rings (SSSR count). The lowest BCUT2D eigenvalue weighted by Gasteiger charge is -2.30. The molecule has 6 heteroatoms. The average molecular weight is 370 g/mol. The van der Waals surface area contributed by atoms with Crippen molar-refractivity contribution >= 4 is 5.96 Å². The Morgan fingerprint density at radius 2 is 1.85 bits per heavy atom. The van der Waals surface area contributed by atoms with Crippen LogP contribution in [0.15, 0.2) is 39.8 Å². The number of rotatable bonds is 5. The van der Waals surface area contributed by atoms with E-state index in [1.165, 1.54) is 31.2 Å². The fraction of sp³-hybridized carbons (Fsp3) is 0.571. The molecule has 27 heavy (non-hydrogen) atoms. The predicted octanol–water partition coefficient (Wildman–Crippen LogP) is 3.54. The maximum Gasteiger partial charge on any atom is 0.232 e. The first-order chi connectivity index (χ1) is 12.9. The SMILES string of the molecule is CN=C(NCc1noc(C(C)(C)C)n1)NCC1(c2ccccc2)CCCC1. The topological polar surface area (TPSA) is 75.3 Å². The van der Waals surface area contributed by atoms with Gasteiger partial charge >= 0.3 is 0 Å². The Morgan fingerprint density at radius 1 is 1.15 bits per heavy atom. The average Bonchev–Trinajstić information content (AvgIpc) is 3.33. The van der Waals surface area contributed by atoms with Crippen molar-refractivity contribution in [2.45, 2.75) is 63.8 Å². The van der Waals surface area contributed by atoms with E-state index in [9.17, 15) is 0 Å². The van der Waals surface area contributed by atoms with E-state index in [-0.39, 0.29) is 10.8 Å². The van der Waals surface area contributed by atoms with Crippen molar-refractivity contribution in [1.29, 1.82) is 0 Å². The minimum atomic E-state index is -0.143. The predicted molar refractivity (Wildman–Crippen MR) is 108 cm³/mol. The maximum absolute atomic E-state index is 5.35. The zero-order valence-electron chi connectivity index (χ0n) is 16.9. The third-order valence-corrected chi connectivity index (χ3v) is 5.29. The summed E-state index contributed by atoms with van der Waals surface area (Å²) < 4.78 is 5.35. The van der Waals surface area contributed by atoms with Crippen LogP contribution in [0.5, 0.6) is 0 Å². The van der Waals surface area contributed by atoms with Crippen LogP contribution >= 0.6 is 0 Å². The second-order valence-corrected chi connectivity index (χ2v) is 8.40. The van der Waals surface area contributed by atoms with Crippen LogP contribution in [0.1, 0.15) is 63.7 Å². The molecule has 0 saturated heterocycles. The molecule has 0 radical (unpaired) electrons. The molecule has 0 atom stereocenters. The van der Waals surface area contributed by atoms with Crippen LogP contribution in [0.25, 0.3) is 0 Å². The van der Waals surface area contributed by atoms with Crippen molar-refractivity contribution in [3.8, 4) is 0 Å². The summed E-state index contributed by atoms with van der Waals surface area (Å²) in [6, 6.07) is 10.8. The van der Waals surface area contributed by atoms with Crippen molar-refractivity contribution in [2.24, 2.45) is 4.99 Å². The number of guanidine groups is 1. The zero-order chi connectivity index (χ0) is 19.3. The highest BCUT2D eigenvalue weighted by Gasteiger charge is 2.35. The number of nitrogens with one attached hydrogen (secondary N) is 2. The summed E-state index contributed by atoms with van der Waals surface area (Å²) in [5, 5.41) is 10.9. The van der Waals surface area contributed by atoms with Gasteiger partial charge in [-0.3, -0.25) is 4.99 Å². The highest BCUT2D eigenvalue weighted by Crippen LogP contribution is 2.40. The lowest BCUT2D eigenvalue weighted by atomic mass is 9.79. The van der Waals surface area contributed by atoms with Crippen LogP contribution in [0.4, 0.5) is 0 Å². The van der Waals surface area contributed by atoms with Gasteiger partial charge in [-0.05, 0) is 18.4 Å². The Balaban J connectivity index is 1.59. The quantitative estimate of drug-likeness (QED) is 0.623. The molecule has 1 aromatic carbocycles. The Bertz CT molecular complexity index is 754. The van der Waals surface area contributed by atoms with E-state index in [0.29, 0.717) is 18.3 Å². The van der Waals surface area contributed by atoms with Crippen LogP contribution < -0.4 is 10.6 Å². The van der Waals surface area contributed by atoms with Crippen molar-refractivity contribution in [3.63, 3.8) is 0 Å². The zero-order valence-corrected chi connectivity index (χ0v) is 16.9. The van der Waals surface area contributed by atoms with Crippen LogP contribution in [0, 0.1) is 0 Å². The van der Waals surface area contributed by atoms with Crippen LogP contribution in [0.3, 0.4) is 0 Å². The molecular weight excluding hydrogens is 338 g/mol. The molecule has 2 aromatic rings. The molecule has 0 bridgehead atoms. The van der Waals surface area contributed by atoms with Gasteiger partial charge in [-0.15, -0.1) is 0 Å². The number of hydrogen-bond donors (Lipinski definition) is 2. The summed E-state index contributed by atoms with van der Waals surface area (Å²) in [7, 11) is 1.79. The van der Waals surface area contributed by atoms with Crippen molar-refractivity contribution in [2.75, 3.05) is 13.6 Å². The molecular formula is C21H31N5O. The summed E-state index contributed by atoms with van der Waals surface area (Å²) in [6.07, 6.45) is 4.98. The second kappa shape index (κ2) is 8.11.